The Morgan fingerprint density at radius 2 is 1.24 bits per heavy atom. The van der Waals surface area contributed by atoms with E-state index in [-0.39, 0.29) is 0 Å². The molecule has 2 rings (SSSR count). The van der Waals surface area contributed by atoms with E-state index in [1.165, 1.54) is 11.8 Å². The minimum Gasteiger partial charge on any atom is -0.411 e. The van der Waals surface area contributed by atoms with Gasteiger partial charge in [-0.2, -0.15) is 0 Å². The van der Waals surface area contributed by atoms with Crippen LogP contribution in [0.3, 0.4) is 0 Å². The van der Waals surface area contributed by atoms with Gasteiger partial charge in [-0.1, -0.05) is 71.9 Å². The van der Waals surface area contributed by atoms with Crippen LogP contribution in [-0.2, 0) is 0 Å². The van der Waals surface area contributed by atoms with Crippen LogP contribution in [-0.4, -0.2) is 11.4 Å². The van der Waals surface area contributed by atoms with Gasteiger partial charge in [0.1, 0.15) is 0 Å². The van der Waals surface area contributed by atoms with Crippen molar-refractivity contribution in [2.45, 2.75) is 0 Å². The standard InChI is InChI=1S/C15H13NO/c17-16-12-15-10-8-14(9-11-15)7-6-13-4-2-1-3-5-13/h1-12,17H. The fourth-order valence-corrected chi connectivity index (χ4v) is 1.52. The third-order valence-corrected chi connectivity index (χ3v) is 2.41. The van der Waals surface area contributed by atoms with Gasteiger partial charge in [0, 0.05) is 0 Å². The number of benzene rings is 2. The van der Waals surface area contributed by atoms with Crippen LogP contribution in [0.1, 0.15) is 16.7 Å². The third-order valence-electron chi connectivity index (χ3n) is 2.41. The Morgan fingerprint density at radius 3 is 1.82 bits per heavy atom. The first-order valence-corrected chi connectivity index (χ1v) is 5.39. The predicted octanol–water partition coefficient (Wildman–Crippen LogP) is 3.67. The van der Waals surface area contributed by atoms with Gasteiger partial charge < -0.3 is 5.21 Å². The highest BCUT2D eigenvalue weighted by Gasteiger charge is 1.89. The summed E-state index contributed by atoms with van der Waals surface area (Å²) >= 11 is 0. The second-order valence-electron chi connectivity index (χ2n) is 3.66. The van der Waals surface area contributed by atoms with Crippen molar-refractivity contribution >= 4 is 18.4 Å². The lowest BCUT2D eigenvalue weighted by Crippen LogP contribution is -1.80. The maximum atomic E-state index is 8.40. The number of hydrogen-bond acceptors (Lipinski definition) is 2. The number of rotatable bonds is 3. The highest BCUT2D eigenvalue weighted by Crippen LogP contribution is 2.08. The molecule has 0 saturated heterocycles. The Hall–Kier alpha value is -2.35. The van der Waals surface area contributed by atoms with Crippen LogP contribution in [0.5, 0.6) is 0 Å². The van der Waals surface area contributed by atoms with E-state index < -0.39 is 0 Å². The van der Waals surface area contributed by atoms with E-state index in [4.69, 9.17) is 5.21 Å². The Morgan fingerprint density at radius 1 is 0.706 bits per heavy atom. The van der Waals surface area contributed by atoms with Crippen molar-refractivity contribution in [2.24, 2.45) is 5.16 Å². The summed E-state index contributed by atoms with van der Waals surface area (Å²) < 4.78 is 0. The summed E-state index contributed by atoms with van der Waals surface area (Å²) in [6, 6.07) is 17.9. The third kappa shape index (κ3) is 3.31. The Kier molecular flexibility index (Phi) is 3.71. The van der Waals surface area contributed by atoms with Gasteiger partial charge in [-0.05, 0) is 16.7 Å². The Labute approximate surface area is 101 Å². The van der Waals surface area contributed by atoms with Crippen LogP contribution in [0, 0.1) is 0 Å². The summed E-state index contributed by atoms with van der Waals surface area (Å²) in [4.78, 5) is 0. The largest absolute Gasteiger partial charge is 0.411 e. The van der Waals surface area contributed by atoms with E-state index in [0.717, 1.165) is 11.1 Å². The fraction of sp³-hybridized carbons (Fsp3) is 0. The molecule has 0 amide bonds. The lowest BCUT2D eigenvalue weighted by atomic mass is 10.1. The molecule has 0 bridgehead atoms. The van der Waals surface area contributed by atoms with Gasteiger partial charge in [-0.3, -0.25) is 0 Å². The second kappa shape index (κ2) is 5.66. The first-order valence-electron chi connectivity index (χ1n) is 5.39. The average molecular weight is 223 g/mol. The average Bonchev–Trinajstić information content (AvgIpc) is 2.40. The van der Waals surface area contributed by atoms with Crippen molar-refractivity contribution in [1.82, 2.24) is 0 Å². The van der Waals surface area contributed by atoms with E-state index in [2.05, 4.69) is 29.4 Å². The van der Waals surface area contributed by atoms with Crippen molar-refractivity contribution < 1.29 is 5.21 Å². The summed E-state index contributed by atoms with van der Waals surface area (Å²) in [6.07, 6.45) is 5.52. The summed E-state index contributed by atoms with van der Waals surface area (Å²) in [5, 5.41) is 11.4. The van der Waals surface area contributed by atoms with Gasteiger partial charge in [0.05, 0.1) is 6.21 Å². The quantitative estimate of drug-likeness (QED) is 0.366. The molecule has 0 spiro atoms. The SMILES string of the molecule is ON=Cc1ccc(C=Cc2ccccc2)cc1. The van der Waals surface area contributed by atoms with Crippen LogP contribution in [0.2, 0.25) is 0 Å². The second-order valence-corrected chi connectivity index (χ2v) is 3.66. The van der Waals surface area contributed by atoms with E-state index in [0.29, 0.717) is 0 Å². The molecule has 0 aliphatic carbocycles. The zero-order chi connectivity index (χ0) is 11.9. The zero-order valence-electron chi connectivity index (χ0n) is 9.32. The van der Waals surface area contributed by atoms with Crippen molar-refractivity contribution in [3.05, 3.63) is 71.3 Å². The molecule has 84 valence electrons. The van der Waals surface area contributed by atoms with Gasteiger partial charge >= 0.3 is 0 Å². The molecule has 0 aromatic heterocycles. The lowest BCUT2D eigenvalue weighted by Gasteiger charge is -1.95. The zero-order valence-corrected chi connectivity index (χ0v) is 9.32. The van der Waals surface area contributed by atoms with Crippen molar-refractivity contribution in [1.29, 1.82) is 0 Å². The smallest absolute Gasteiger partial charge is 0.0733 e. The first kappa shape index (κ1) is 11.1. The highest BCUT2D eigenvalue weighted by molar-refractivity contribution is 5.80. The molecule has 0 fully saturated rings. The summed E-state index contributed by atoms with van der Waals surface area (Å²) in [7, 11) is 0. The molecular formula is C15H13NO. The molecular weight excluding hydrogens is 210 g/mol. The molecule has 2 nitrogen and oxygen atoms in total. The monoisotopic (exact) mass is 223 g/mol. The topological polar surface area (TPSA) is 32.6 Å². The predicted molar refractivity (Wildman–Crippen MR) is 71.2 cm³/mol. The van der Waals surface area contributed by atoms with Gasteiger partial charge in [0.15, 0.2) is 0 Å². The summed E-state index contributed by atoms with van der Waals surface area (Å²) in [6.45, 7) is 0. The van der Waals surface area contributed by atoms with Gasteiger partial charge in [-0.15, -0.1) is 0 Å². The molecule has 0 radical (unpaired) electrons. The lowest BCUT2D eigenvalue weighted by molar-refractivity contribution is 0.322. The van der Waals surface area contributed by atoms with Crippen LogP contribution < -0.4 is 0 Å². The van der Waals surface area contributed by atoms with E-state index >= 15 is 0 Å². The van der Waals surface area contributed by atoms with Crippen molar-refractivity contribution in [3.63, 3.8) is 0 Å². The fourth-order valence-electron chi connectivity index (χ4n) is 1.52. The van der Waals surface area contributed by atoms with Gasteiger partial charge in [-0.25, -0.2) is 0 Å². The highest BCUT2D eigenvalue weighted by atomic mass is 16.4. The molecule has 2 aromatic carbocycles. The maximum Gasteiger partial charge on any atom is 0.0733 e. The number of nitrogens with zero attached hydrogens (tertiary/aromatic N) is 1. The van der Waals surface area contributed by atoms with Crippen molar-refractivity contribution in [3.8, 4) is 0 Å². The molecule has 0 atom stereocenters. The Balaban J connectivity index is 2.11. The van der Waals surface area contributed by atoms with Gasteiger partial charge in [0.25, 0.3) is 0 Å². The molecule has 2 heteroatoms. The Bertz CT molecular complexity index is 512. The molecule has 17 heavy (non-hydrogen) atoms. The van der Waals surface area contributed by atoms with E-state index in [1.54, 1.807) is 0 Å². The molecule has 0 aliphatic heterocycles. The van der Waals surface area contributed by atoms with E-state index in [9.17, 15) is 0 Å². The normalized spacial score (nSPS) is 11.3. The van der Waals surface area contributed by atoms with Crippen molar-refractivity contribution in [2.75, 3.05) is 0 Å². The number of hydrogen-bond donors (Lipinski definition) is 1. The minimum absolute atomic E-state index is 0.879. The van der Waals surface area contributed by atoms with Gasteiger partial charge in [0.2, 0.25) is 0 Å². The molecule has 1 N–H and O–H groups in total. The maximum absolute atomic E-state index is 8.40. The molecule has 0 unspecified atom stereocenters. The van der Waals surface area contributed by atoms with E-state index in [1.807, 2.05) is 42.5 Å². The van der Waals surface area contributed by atoms with Crippen LogP contribution in [0.25, 0.3) is 12.2 Å². The number of oxime groups is 1. The van der Waals surface area contributed by atoms with Crippen LogP contribution in [0.4, 0.5) is 0 Å². The van der Waals surface area contributed by atoms with Crippen LogP contribution in [0.15, 0.2) is 59.8 Å². The first-order chi connectivity index (χ1) is 8.38. The molecule has 2 aromatic rings. The minimum atomic E-state index is 0.879. The summed E-state index contributed by atoms with van der Waals surface area (Å²) in [5.41, 5.74) is 3.17. The van der Waals surface area contributed by atoms with Crippen LogP contribution >= 0.6 is 0 Å². The molecule has 0 saturated carbocycles. The molecule has 0 heterocycles. The summed E-state index contributed by atoms with van der Waals surface area (Å²) in [5.74, 6) is 0. The molecule has 0 aliphatic rings.